The minimum Gasteiger partial charge on any atom is -0.474 e. The number of nitrogens with two attached hydrogens (primary N) is 1. The fourth-order valence-electron chi connectivity index (χ4n) is 3.53. The number of likely N-dealkylation sites (tertiary alicyclic amines) is 1. The standard InChI is InChI=1S/C21H25N5O2/c1-15-13-17(16(22)14-19(15)27)23-20-18-7-3-6-10-26(18)24-21(20)28-12-11-25-8-4-2-5-9-25/h3,6-7,10,13-14H,2,4-5,8-9,11-12,22H2,1H3/b23-17+. The van der Waals surface area contributed by atoms with Crippen LogP contribution in [-0.4, -0.2) is 52.3 Å². The molecule has 0 radical (unpaired) electrons. The Labute approximate surface area is 164 Å². The zero-order chi connectivity index (χ0) is 19.5. The van der Waals surface area contributed by atoms with Gasteiger partial charge in [0.2, 0.25) is 0 Å². The second-order valence-electron chi connectivity index (χ2n) is 7.22. The summed E-state index contributed by atoms with van der Waals surface area (Å²) in [7, 11) is 0. The maximum Gasteiger partial charge on any atom is 0.260 e. The molecule has 2 aliphatic rings. The van der Waals surface area contributed by atoms with E-state index in [4.69, 9.17) is 15.5 Å². The van der Waals surface area contributed by atoms with Crippen LogP contribution in [0.4, 0.5) is 5.69 Å². The van der Waals surface area contributed by atoms with Crippen LogP contribution in [0.25, 0.3) is 5.52 Å². The summed E-state index contributed by atoms with van der Waals surface area (Å²) in [6.07, 6.45) is 8.81. The highest BCUT2D eigenvalue weighted by atomic mass is 16.5. The molecule has 0 amide bonds. The van der Waals surface area contributed by atoms with E-state index in [2.05, 4.69) is 10.00 Å². The lowest BCUT2D eigenvalue weighted by Gasteiger charge is -2.25. The third-order valence-corrected chi connectivity index (χ3v) is 5.13. The number of hydrogen-bond donors (Lipinski definition) is 1. The van der Waals surface area contributed by atoms with Crippen LogP contribution in [0.1, 0.15) is 26.2 Å². The van der Waals surface area contributed by atoms with E-state index < -0.39 is 0 Å². The van der Waals surface area contributed by atoms with E-state index in [9.17, 15) is 4.79 Å². The third-order valence-electron chi connectivity index (χ3n) is 5.13. The van der Waals surface area contributed by atoms with Gasteiger partial charge < -0.3 is 10.5 Å². The van der Waals surface area contributed by atoms with E-state index in [1.807, 2.05) is 24.4 Å². The predicted molar refractivity (Wildman–Crippen MR) is 109 cm³/mol. The molecule has 146 valence electrons. The van der Waals surface area contributed by atoms with Crippen LogP contribution in [0.3, 0.4) is 0 Å². The smallest absolute Gasteiger partial charge is 0.260 e. The van der Waals surface area contributed by atoms with Crippen LogP contribution in [0.5, 0.6) is 5.88 Å². The molecule has 0 saturated carbocycles. The first-order valence-corrected chi connectivity index (χ1v) is 9.73. The highest BCUT2D eigenvalue weighted by Gasteiger charge is 2.18. The quantitative estimate of drug-likeness (QED) is 0.807. The summed E-state index contributed by atoms with van der Waals surface area (Å²) in [5, 5.41) is 4.54. The van der Waals surface area contributed by atoms with Gasteiger partial charge in [-0.15, -0.1) is 5.10 Å². The highest BCUT2D eigenvalue weighted by Crippen LogP contribution is 2.32. The summed E-state index contributed by atoms with van der Waals surface area (Å²) < 4.78 is 7.77. The van der Waals surface area contributed by atoms with Crippen LogP contribution in [-0.2, 0) is 4.79 Å². The van der Waals surface area contributed by atoms with Crippen molar-refractivity contribution in [3.8, 4) is 5.88 Å². The molecule has 0 unspecified atom stereocenters. The SMILES string of the molecule is CC1=C/C(=N\c2c(OCCN3CCCCC3)nn3ccccc23)C(N)=CC1=O. The van der Waals surface area contributed by atoms with Crippen molar-refractivity contribution in [1.82, 2.24) is 14.5 Å². The summed E-state index contributed by atoms with van der Waals surface area (Å²) in [6.45, 7) is 5.44. The van der Waals surface area contributed by atoms with Gasteiger partial charge in [0.1, 0.15) is 6.61 Å². The molecule has 2 aromatic heterocycles. The third kappa shape index (κ3) is 3.84. The van der Waals surface area contributed by atoms with Crippen molar-refractivity contribution in [3.63, 3.8) is 0 Å². The Kier molecular flexibility index (Phi) is 5.25. The Morgan fingerprint density at radius 3 is 2.86 bits per heavy atom. The highest BCUT2D eigenvalue weighted by molar-refractivity contribution is 6.22. The number of carbonyl (C=O) groups excluding carboxylic acids is 1. The van der Waals surface area contributed by atoms with Crippen molar-refractivity contribution in [1.29, 1.82) is 0 Å². The maximum atomic E-state index is 11.8. The molecule has 0 spiro atoms. The van der Waals surface area contributed by atoms with Crippen molar-refractivity contribution < 1.29 is 9.53 Å². The number of pyridine rings is 1. The lowest BCUT2D eigenvalue weighted by atomic mass is 10.0. The van der Waals surface area contributed by atoms with E-state index in [-0.39, 0.29) is 5.78 Å². The van der Waals surface area contributed by atoms with Gasteiger partial charge in [-0.2, -0.15) is 0 Å². The molecule has 0 atom stereocenters. The van der Waals surface area contributed by atoms with Crippen LogP contribution in [0, 0.1) is 0 Å². The zero-order valence-corrected chi connectivity index (χ0v) is 16.1. The molecule has 4 rings (SSSR count). The second-order valence-corrected chi connectivity index (χ2v) is 7.22. The summed E-state index contributed by atoms with van der Waals surface area (Å²) in [5.41, 5.74) is 9.00. The van der Waals surface area contributed by atoms with Crippen molar-refractivity contribution in [2.24, 2.45) is 10.7 Å². The van der Waals surface area contributed by atoms with Gasteiger partial charge in [0.25, 0.3) is 5.88 Å². The normalized spacial score (nSPS) is 19.8. The predicted octanol–water partition coefficient (Wildman–Crippen LogP) is 2.64. The Hall–Kier alpha value is -2.93. The number of rotatable bonds is 5. The van der Waals surface area contributed by atoms with Crippen LogP contribution >= 0.6 is 0 Å². The Morgan fingerprint density at radius 2 is 2.04 bits per heavy atom. The van der Waals surface area contributed by atoms with Gasteiger partial charge in [0.15, 0.2) is 11.5 Å². The van der Waals surface area contributed by atoms with Gasteiger partial charge in [-0.25, -0.2) is 9.51 Å². The maximum absolute atomic E-state index is 11.8. The van der Waals surface area contributed by atoms with Crippen LogP contribution in [0.15, 0.2) is 52.8 Å². The van der Waals surface area contributed by atoms with Gasteiger partial charge in [0, 0.05) is 18.8 Å². The number of hydrogen-bond acceptors (Lipinski definition) is 6. The summed E-state index contributed by atoms with van der Waals surface area (Å²) in [4.78, 5) is 18.9. The first-order valence-electron chi connectivity index (χ1n) is 9.73. The average molecular weight is 379 g/mol. The minimum absolute atomic E-state index is 0.0886. The Morgan fingerprint density at radius 1 is 1.21 bits per heavy atom. The van der Waals surface area contributed by atoms with E-state index in [0.717, 1.165) is 25.2 Å². The summed E-state index contributed by atoms with van der Waals surface area (Å²) >= 11 is 0. The van der Waals surface area contributed by atoms with E-state index >= 15 is 0 Å². The number of piperidine rings is 1. The molecule has 7 heteroatoms. The van der Waals surface area contributed by atoms with Gasteiger partial charge in [-0.05, 0) is 56.6 Å². The van der Waals surface area contributed by atoms with Crippen molar-refractivity contribution in [3.05, 3.63) is 47.8 Å². The number of ether oxygens (including phenoxy) is 1. The van der Waals surface area contributed by atoms with E-state index in [0.29, 0.717) is 35.2 Å². The second kappa shape index (κ2) is 7.98. The minimum atomic E-state index is -0.0886. The average Bonchev–Trinajstić information content (AvgIpc) is 3.04. The number of fused-ring (bicyclic) bond motifs is 1. The molecule has 28 heavy (non-hydrogen) atoms. The molecule has 2 N–H and O–H groups in total. The van der Waals surface area contributed by atoms with Crippen molar-refractivity contribution in [2.75, 3.05) is 26.2 Å². The van der Waals surface area contributed by atoms with Crippen molar-refractivity contribution in [2.45, 2.75) is 26.2 Å². The molecule has 1 fully saturated rings. The van der Waals surface area contributed by atoms with Gasteiger partial charge in [0.05, 0.1) is 16.9 Å². The molecule has 1 aliphatic heterocycles. The molecule has 1 saturated heterocycles. The summed E-state index contributed by atoms with van der Waals surface area (Å²) in [6, 6.07) is 5.78. The van der Waals surface area contributed by atoms with E-state index in [1.165, 1.54) is 25.3 Å². The molecule has 0 aromatic carbocycles. The number of allylic oxidation sites excluding steroid dienone is 3. The Bertz CT molecular complexity index is 980. The number of nitrogens with zero attached hydrogens (tertiary/aromatic N) is 4. The molecular weight excluding hydrogens is 354 g/mol. The molecule has 7 nitrogen and oxygen atoms in total. The monoisotopic (exact) mass is 379 g/mol. The van der Waals surface area contributed by atoms with Gasteiger partial charge in [-0.1, -0.05) is 12.5 Å². The van der Waals surface area contributed by atoms with Crippen LogP contribution in [0.2, 0.25) is 0 Å². The molecule has 0 bridgehead atoms. The topological polar surface area (TPSA) is 85.2 Å². The molecular formula is C21H25N5O2. The fourth-order valence-corrected chi connectivity index (χ4v) is 3.53. The van der Waals surface area contributed by atoms with Gasteiger partial charge in [-0.3, -0.25) is 9.69 Å². The van der Waals surface area contributed by atoms with Crippen molar-refractivity contribution >= 4 is 22.7 Å². The number of aliphatic imine (C=N–C) groups is 1. The largest absolute Gasteiger partial charge is 0.474 e. The zero-order valence-electron chi connectivity index (χ0n) is 16.1. The first kappa shape index (κ1) is 18.4. The van der Waals surface area contributed by atoms with E-state index in [1.54, 1.807) is 17.5 Å². The Balaban J connectivity index is 1.61. The first-order chi connectivity index (χ1) is 13.6. The lowest BCUT2D eigenvalue weighted by molar-refractivity contribution is -0.111. The number of aromatic nitrogens is 2. The molecule has 1 aliphatic carbocycles. The van der Waals surface area contributed by atoms with Gasteiger partial charge >= 0.3 is 0 Å². The number of carbonyl (C=O) groups is 1. The fraction of sp³-hybridized carbons (Fsp3) is 0.381. The molecule has 3 heterocycles. The molecule has 2 aromatic rings. The number of ketones is 1. The summed E-state index contributed by atoms with van der Waals surface area (Å²) in [5.74, 6) is 0.390. The van der Waals surface area contributed by atoms with Crippen LogP contribution < -0.4 is 10.5 Å². The lowest BCUT2D eigenvalue weighted by Crippen LogP contribution is -2.33.